The van der Waals surface area contributed by atoms with Crippen LogP contribution in [0.25, 0.3) is 0 Å². The fourth-order valence-corrected chi connectivity index (χ4v) is 1.64. The predicted octanol–water partition coefficient (Wildman–Crippen LogP) is 2.80. The van der Waals surface area contributed by atoms with Gasteiger partial charge in [0.15, 0.2) is 0 Å². The van der Waals surface area contributed by atoms with Gasteiger partial charge in [-0.2, -0.15) is 0 Å². The topological polar surface area (TPSA) is 64.3 Å². The minimum absolute atomic E-state index is 0.0611. The molecule has 0 heterocycles. The van der Waals surface area contributed by atoms with E-state index in [9.17, 15) is 4.79 Å². The highest BCUT2D eigenvalue weighted by Crippen LogP contribution is 2.28. The Kier molecular flexibility index (Phi) is 5.95. The molecule has 0 atom stereocenters. The molecule has 0 saturated carbocycles. The average Bonchev–Trinajstić information content (AvgIpc) is 2.29. The van der Waals surface area contributed by atoms with Gasteiger partial charge in [-0.25, -0.2) is 0 Å². The van der Waals surface area contributed by atoms with Crippen molar-refractivity contribution in [3.05, 3.63) is 23.2 Å². The zero-order valence-electron chi connectivity index (χ0n) is 10.7. The van der Waals surface area contributed by atoms with Crippen LogP contribution in [-0.2, 0) is 4.79 Å². The quantitative estimate of drug-likeness (QED) is 0.835. The molecule has 0 aliphatic rings. The second-order valence-electron chi connectivity index (χ2n) is 4.25. The second kappa shape index (κ2) is 7.24. The molecular weight excluding hydrogens is 252 g/mol. The Morgan fingerprint density at radius 1 is 1.50 bits per heavy atom. The average molecular weight is 271 g/mol. The first-order valence-electron chi connectivity index (χ1n) is 5.99. The van der Waals surface area contributed by atoms with Crippen LogP contribution in [0.1, 0.15) is 26.7 Å². The molecule has 0 aromatic heterocycles. The Morgan fingerprint density at radius 2 is 2.22 bits per heavy atom. The van der Waals surface area contributed by atoms with Crippen molar-refractivity contribution < 1.29 is 9.53 Å². The van der Waals surface area contributed by atoms with Crippen LogP contribution < -0.4 is 15.8 Å². The highest BCUT2D eigenvalue weighted by Gasteiger charge is 2.07. The summed E-state index contributed by atoms with van der Waals surface area (Å²) in [6.07, 6.45) is 1.15. The first-order valence-corrected chi connectivity index (χ1v) is 6.37. The monoisotopic (exact) mass is 270 g/mol. The standard InChI is InChI=1S/C13H19ClN2O2/c1-9(2)18-12-6-5-10(8-11(12)14)16-13(17)4-3-7-15/h5-6,8-9H,3-4,7,15H2,1-2H3,(H,16,17). The molecule has 1 aromatic rings. The highest BCUT2D eigenvalue weighted by atomic mass is 35.5. The van der Waals surface area contributed by atoms with Gasteiger partial charge in [-0.3, -0.25) is 4.79 Å². The first-order chi connectivity index (χ1) is 8.52. The Balaban J connectivity index is 2.63. The second-order valence-corrected chi connectivity index (χ2v) is 4.66. The van der Waals surface area contributed by atoms with Crippen LogP contribution in [-0.4, -0.2) is 18.6 Å². The van der Waals surface area contributed by atoms with Crippen LogP contribution in [0.5, 0.6) is 5.75 Å². The van der Waals surface area contributed by atoms with E-state index in [0.717, 1.165) is 0 Å². The number of ether oxygens (including phenoxy) is 1. The lowest BCUT2D eigenvalue weighted by Crippen LogP contribution is -2.13. The minimum atomic E-state index is -0.0611. The fraction of sp³-hybridized carbons (Fsp3) is 0.462. The highest BCUT2D eigenvalue weighted by molar-refractivity contribution is 6.32. The van der Waals surface area contributed by atoms with E-state index in [0.29, 0.717) is 35.8 Å². The number of carbonyl (C=O) groups excluding carboxylic acids is 1. The van der Waals surface area contributed by atoms with Crippen LogP contribution >= 0.6 is 11.6 Å². The summed E-state index contributed by atoms with van der Waals surface area (Å²) in [5, 5.41) is 3.25. The van der Waals surface area contributed by atoms with Crippen molar-refractivity contribution in [1.29, 1.82) is 0 Å². The van der Waals surface area contributed by atoms with Crippen molar-refractivity contribution in [2.24, 2.45) is 5.73 Å². The number of anilines is 1. The maximum atomic E-state index is 11.5. The summed E-state index contributed by atoms with van der Waals surface area (Å²) in [6, 6.07) is 5.20. The summed E-state index contributed by atoms with van der Waals surface area (Å²) in [6.45, 7) is 4.37. The first kappa shape index (κ1) is 14.8. The maximum Gasteiger partial charge on any atom is 0.224 e. The van der Waals surface area contributed by atoms with E-state index in [4.69, 9.17) is 22.1 Å². The number of benzene rings is 1. The predicted molar refractivity (Wildman–Crippen MR) is 74.1 cm³/mol. The number of hydrogen-bond donors (Lipinski definition) is 2. The summed E-state index contributed by atoms with van der Waals surface area (Å²) >= 11 is 6.06. The molecule has 5 heteroatoms. The molecule has 0 spiro atoms. The summed E-state index contributed by atoms with van der Waals surface area (Å²) in [4.78, 5) is 11.5. The van der Waals surface area contributed by atoms with Gasteiger partial charge in [0.1, 0.15) is 5.75 Å². The molecule has 0 fully saturated rings. The smallest absolute Gasteiger partial charge is 0.224 e. The molecule has 0 unspecified atom stereocenters. The van der Waals surface area contributed by atoms with Gasteiger partial charge in [0.05, 0.1) is 11.1 Å². The van der Waals surface area contributed by atoms with Crippen molar-refractivity contribution in [2.75, 3.05) is 11.9 Å². The van der Waals surface area contributed by atoms with E-state index in [2.05, 4.69) is 5.32 Å². The van der Waals surface area contributed by atoms with E-state index in [1.807, 2.05) is 13.8 Å². The third-order valence-electron chi connectivity index (χ3n) is 2.19. The number of amides is 1. The van der Waals surface area contributed by atoms with E-state index >= 15 is 0 Å². The summed E-state index contributed by atoms with van der Waals surface area (Å²) < 4.78 is 5.51. The molecular formula is C13H19ClN2O2. The van der Waals surface area contributed by atoms with Crippen molar-refractivity contribution in [2.45, 2.75) is 32.8 Å². The number of hydrogen-bond acceptors (Lipinski definition) is 3. The number of rotatable bonds is 6. The third kappa shape index (κ3) is 4.94. The molecule has 1 rings (SSSR count). The van der Waals surface area contributed by atoms with E-state index in [-0.39, 0.29) is 12.0 Å². The number of carbonyl (C=O) groups is 1. The van der Waals surface area contributed by atoms with Crippen LogP contribution in [0.15, 0.2) is 18.2 Å². The molecule has 0 saturated heterocycles. The lowest BCUT2D eigenvalue weighted by Gasteiger charge is -2.12. The molecule has 0 bridgehead atoms. The molecule has 1 amide bonds. The zero-order valence-corrected chi connectivity index (χ0v) is 11.5. The van der Waals surface area contributed by atoms with Gasteiger partial charge in [0.2, 0.25) is 5.91 Å². The summed E-state index contributed by atoms with van der Waals surface area (Å²) in [7, 11) is 0. The largest absolute Gasteiger partial charge is 0.489 e. The Hall–Kier alpha value is -1.26. The van der Waals surface area contributed by atoms with E-state index in [1.54, 1.807) is 18.2 Å². The molecule has 0 aliphatic carbocycles. The Morgan fingerprint density at radius 3 is 2.78 bits per heavy atom. The Labute approximate surface area is 112 Å². The number of nitrogens with one attached hydrogen (secondary N) is 1. The van der Waals surface area contributed by atoms with Gasteiger partial charge >= 0.3 is 0 Å². The van der Waals surface area contributed by atoms with Gasteiger partial charge < -0.3 is 15.8 Å². The Bertz CT molecular complexity index is 408. The minimum Gasteiger partial charge on any atom is -0.489 e. The molecule has 1 aromatic carbocycles. The normalized spacial score (nSPS) is 10.5. The van der Waals surface area contributed by atoms with Gasteiger partial charge in [0, 0.05) is 12.1 Å². The fourth-order valence-electron chi connectivity index (χ4n) is 1.41. The van der Waals surface area contributed by atoms with E-state index in [1.165, 1.54) is 0 Å². The third-order valence-corrected chi connectivity index (χ3v) is 2.48. The number of halogens is 1. The lowest BCUT2D eigenvalue weighted by atomic mass is 10.2. The van der Waals surface area contributed by atoms with Gasteiger partial charge in [-0.15, -0.1) is 0 Å². The SMILES string of the molecule is CC(C)Oc1ccc(NC(=O)CCCN)cc1Cl. The summed E-state index contributed by atoms with van der Waals surface area (Å²) in [5.74, 6) is 0.556. The molecule has 0 radical (unpaired) electrons. The summed E-state index contributed by atoms with van der Waals surface area (Å²) in [5.41, 5.74) is 6.01. The lowest BCUT2D eigenvalue weighted by molar-refractivity contribution is -0.116. The maximum absolute atomic E-state index is 11.5. The van der Waals surface area contributed by atoms with Gasteiger partial charge in [0.25, 0.3) is 0 Å². The van der Waals surface area contributed by atoms with Gasteiger partial charge in [-0.05, 0) is 45.0 Å². The van der Waals surface area contributed by atoms with Crippen molar-refractivity contribution >= 4 is 23.2 Å². The van der Waals surface area contributed by atoms with E-state index < -0.39 is 0 Å². The van der Waals surface area contributed by atoms with Crippen LogP contribution in [0.3, 0.4) is 0 Å². The molecule has 4 nitrogen and oxygen atoms in total. The van der Waals surface area contributed by atoms with Crippen LogP contribution in [0.4, 0.5) is 5.69 Å². The van der Waals surface area contributed by atoms with Crippen molar-refractivity contribution in [3.63, 3.8) is 0 Å². The van der Waals surface area contributed by atoms with Crippen LogP contribution in [0.2, 0.25) is 5.02 Å². The molecule has 18 heavy (non-hydrogen) atoms. The molecule has 3 N–H and O–H groups in total. The molecule has 0 aliphatic heterocycles. The number of nitrogens with two attached hydrogens (primary N) is 1. The van der Waals surface area contributed by atoms with Gasteiger partial charge in [-0.1, -0.05) is 11.6 Å². The van der Waals surface area contributed by atoms with Crippen LogP contribution in [0, 0.1) is 0 Å². The zero-order chi connectivity index (χ0) is 13.5. The van der Waals surface area contributed by atoms with Crippen molar-refractivity contribution in [3.8, 4) is 5.75 Å². The van der Waals surface area contributed by atoms with Crippen molar-refractivity contribution in [1.82, 2.24) is 0 Å². The molecule has 100 valence electrons.